The van der Waals surface area contributed by atoms with Crippen LogP contribution in [-0.4, -0.2) is 18.0 Å². The molecule has 2 aliphatic rings. The van der Waals surface area contributed by atoms with Crippen LogP contribution in [0.1, 0.15) is 87.8 Å². The van der Waals surface area contributed by atoms with E-state index in [0.29, 0.717) is 12.1 Å². The molecule has 4 rings (SSSR count). The van der Waals surface area contributed by atoms with Crippen molar-refractivity contribution in [1.82, 2.24) is 5.32 Å². The van der Waals surface area contributed by atoms with Gasteiger partial charge in [-0.25, -0.2) is 0 Å². The van der Waals surface area contributed by atoms with Crippen molar-refractivity contribution in [3.8, 4) is 11.1 Å². The van der Waals surface area contributed by atoms with Gasteiger partial charge in [-0.3, -0.25) is 4.79 Å². The van der Waals surface area contributed by atoms with Crippen molar-refractivity contribution in [3.63, 3.8) is 0 Å². The molecule has 0 saturated heterocycles. The summed E-state index contributed by atoms with van der Waals surface area (Å²) in [7, 11) is 0. The fraction of sp³-hybridized carbons (Fsp3) is 0.500. The highest BCUT2D eigenvalue weighted by atomic mass is 16.1. The van der Waals surface area contributed by atoms with Gasteiger partial charge in [-0.1, -0.05) is 63.3 Å². The van der Waals surface area contributed by atoms with Crippen molar-refractivity contribution in [2.45, 2.75) is 97.1 Å². The summed E-state index contributed by atoms with van der Waals surface area (Å²) in [6.07, 6.45) is 14.1. The molecule has 0 radical (unpaired) electrons. The average Bonchev–Trinajstić information content (AvgIpc) is 3.33. The third-order valence-corrected chi connectivity index (χ3v) is 7.48. The lowest BCUT2D eigenvalue weighted by molar-refractivity contribution is -0.118. The quantitative estimate of drug-likeness (QED) is 0.432. The lowest BCUT2D eigenvalue weighted by Crippen LogP contribution is -2.36. The standard InChI is InChI=1S/C30H40N2O/c1-4-23(30(33)32-27-10-6-5-7-11-27)20-25-18-22(3)29(19-21(25)2)24-14-16-28(17-15-24)31-26-12-8-9-13-26/h14-20,26-27,31H,4-13H2,1-3H3,(H,32,33)/b23-20+. The molecule has 0 aliphatic heterocycles. The molecule has 176 valence electrons. The Bertz CT molecular complexity index is 977. The molecule has 0 spiro atoms. The zero-order chi connectivity index (χ0) is 23.2. The molecule has 2 aromatic carbocycles. The first-order chi connectivity index (χ1) is 16.0. The molecule has 1 amide bonds. The third kappa shape index (κ3) is 6.07. The van der Waals surface area contributed by atoms with Crippen LogP contribution in [0.25, 0.3) is 17.2 Å². The Morgan fingerprint density at radius 1 is 0.879 bits per heavy atom. The van der Waals surface area contributed by atoms with Gasteiger partial charge in [0.15, 0.2) is 0 Å². The van der Waals surface area contributed by atoms with E-state index in [0.717, 1.165) is 30.4 Å². The van der Waals surface area contributed by atoms with E-state index in [1.54, 1.807) is 0 Å². The summed E-state index contributed by atoms with van der Waals surface area (Å²) >= 11 is 0. The van der Waals surface area contributed by atoms with Gasteiger partial charge >= 0.3 is 0 Å². The van der Waals surface area contributed by atoms with Crippen molar-refractivity contribution in [3.05, 3.63) is 58.7 Å². The molecule has 0 bridgehead atoms. The summed E-state index contributed by atoms with van der Waals surface area (Å²) < 4.78 is 0. The molecule has 0 unspecified atom stereocenters. The Morgan fingerprint density at radius 3 is 2.18 bits per heavy atom. The number of nitrogens with one attached hydrogen (secondary N) is 2. The highest BCUT2D eigenvalue weighted by Crippen LogP contribution is 2.30. The van der Waals surface area contributed by atoms with E-state index in [2.05, 4.69) is 73.9 Å². The zero-order valence-electron chi connectivity index (χ0n) is 20.7. The van der Waals surface area contributed by atoms with Gasteiger partial charge in [-0.05, 0) is 92.0 Å². The first-order valence-electron chi connectivity index (χ1n) is 13.0. The Morgan fingerprint density at radius 2 is 1.52 bits per heavy atom. The van der Waals surface area contributed by atoms with E-state index in [1.165, 1.54) is 72.9 Å². The highest BCUT2D eigenvalue weighted by molar-refractivity contribution is 5.98. The summed E-state index contributed by atoms with van der Waals surface area (Å²) in [5.74, 6) is 0.107. The lowest BCUT2D eigenvalue weighted by Gasteiger charge is -2.23. The van der Waals surface area contributed by atoms with Crippen LogP contribution in [0, 0.1) is 13.8 Å². The predicted molar refractivity (Wildman–Crippen MR) is 141 cm³/mol. The van der Waals surface area contributed by atoms with Gasteiger partial charge in [-0.15, -0.1) is 0 Å². The highest BCUT2D eigenvalue weighted by Gasteiger charge is 2.18. The molecule has 2 fully saturated rings. The largest absolute Gasteiger partial charge is 0.382 e. The van der Waals surface area contributed by atoms with E-state index in [1.807, 2.05) is 0 Å². The summed E-state index contributed by atoms with van der Waals surface area (Å²) in [5.41, 5.74) is 8.20. The first-order valence-corrected chi connectivity index (χ1v) is 13.0. The second-order valence-electron chi connectivity index (χ2n) is 10.1. The number of benzene rings is 2. The third-order valence-electron chi connectivity index (χ3n) is 7.48. The number of rotatable bonds is 7. The number of hydrogen-bond acceptors (Lipinski definition) is 2. The topological polar surface area (TPSA) is 41.1 Å². The van der Waals surface area contributed by atoms with Gasteiger partial charge in [0, 0.05) is 23.3 Å². The van der Waals surface area contributed by atoms with Crippen LogP contribution in [0.15, 0.2) is 42.0 Å². The maximum Gasteiger partial charge on any atom is 0.247 e. The number of anilines is 1. The molecule has 0 heterocycles. The molecule has 2 aromatic rings. The van der Waals surface area contributed by atoms with Gasteiger partial charge in [0.05, 0.1) is 0 Å². The molecule has 3 heteroatoms. The Hall–Kier alpha value is -2.55. The SMILES string of the molecule is CC/C(=C\c1cc(C)c(-c2ccc(NC3CCCC3)cc2)cc1C)C(=O)NC1CCCCC1. The van der Waals surface area contributed by atoms with E-state index in [4.69, 9.17) is 0 Å². The second kappa shape index (κ2) is 11.0. The maximum atomic E-state index is 12.9. The predicted octanol–water partition coefficient (Wildman–Crippen LogP) is 7.57. The van der Waals surface area contributed by atoms with Crippen LogP contribution in [0.5, 0.6) is 0 Å². The normalized spacial score (nSPS) is 17.8. The zero-order valence-corrected chi connectivity index (χ0v) is 20.7. The molecular weight excluding hydrogens is 404 g/mol. The molecule has 33 heavy (non-hydrogen) atoms. The average molecular weight is 445 g/mol. The molecular formula is C30H40N2O. The van der Waals surface area contributed by atoms with Gasteiger partial charge < -0.3 is 10.6 Å². The van der Waals surface area contributed by atoms with Crippen molar-refractivity contribution < 1.29 is 4.79 Å². The van der Waals surface area contributed by atoms with Gasteiger partial charge in [-0.2, -0.15) is 0 Å². The fourth-order valence-corrected chi connectivity index (χ4v) is 5.40. The van der Waals surface area contributed by atoms with Crippen LogP contribution < -0.4 is 10.6 Å². The smallest absolute Gasteiger partial charge is 0.247 e. The van der Waals surface area contributed by atoms with E-state index >= 15 is 0 Å². The molecule has 2 N–H and O–H groups in total. The minimum atomic E-state index is 0.107. The monoisotopic (exact) mass is 444 g/mol. The van der Waals surface area contributed by atoms with Crippen molar-refractivity contribution in [1.29, 1.82) is 0 Å². The van der Waals surface area contributed by atoms with Crippen molar-refractivity contribution in [2.24, 2.45) is 0 Å². The van der Waals surface area contributed by atoms with Gasteiger partial charge in [0.25, 0.3) is 0 Å². The van der Waals surface area contributed by atoms with Crippen molar-refractivity contribution >= 4 is 17.7 Å². The minimum absolute atomic E-state index is 0.107. The van der Waals surface area contributed by atoms with Crippen LogP contribution in [0.2, 0.25) is 0 Å². The fourth-order valence-electron chi connectivity index (χ4n) is 5.40. The Labute approximate surface area is 200 Å². The Kier molecular flexibility index (Phi) is 7.90. The number of carbonyl (C=O) groups excluding carboxylic acids is 1. The molecule has 3 nitrogen and oxygen atoms in total. The Balaban J connectivity index is 1.49. The number of carbonyl (C=O) groups is 1. The van der Waals surface area contributed by atoms with Gasteiger partial charge in [0.2, 0.25) is 5.91 Å². The summed E-state index contributed by atoms with van der Waals surface area (Å²) in [6.45, 7) is 6.39. The van der Waals surface area contributed by atoms with Crippen molar-refractivity contribution in [2.75, 3.05) is 5.32 Å². The maximum absolute atomic E-state index is 12.9. The molecule has 0 aromatic heterocycles. The molecule has 2 aliphatic carbocycles. The number of amides is 1. The van der Waals surface area contributed by atoms with E-state index < -0.39 is 0 Å². The molecule has 2 saturated carbocycles. The number of hydrogen-bond donors (Lipinski definition) is 2. The van der Waals surface area contributed by atoms with Crippen LogP contribution >= 0.6 is 0 Å². The number of aryl methyl sites for hydroxylation is 2. The van der Waals surface area contributed by atoms with Gasteiger partial charge in [0.1, 0.15) is 0 Å². The molecule has 0 atom stereocenters. The first kappa shape index (κ1) is 23.6. The minimum Gasteiger partial charge on any atom is -0.382 e. The summed E-state index contributed by atoms with van der Waals surface area (Å²) in [6, 6.07) is 14.4. The second-order valence-corrected chi connectivity index (χ2v) is 10.1. The van der Waals surface area contributed by atoms with Crippen LogP contribution in [0.4, 0.5) is 5.69 Å². The van der Waals surface area contributed by atoms with E-state index in [-0.39, 0.29) is 5.91 Å². The van der Waals surface area contributed by atoms with Crippen LogP contribution in [0.3, 0.4) is 0 Å². The van der Waals surface area contributed by atoms with E-state index in [9.17, 15) is 4.79 Å². The summed E-state index contributed by atoms with van der Waals surface area (Å²) in [5, 5.41) is 6.96. The summed E-state index contributed by atoms with van der Waals surface area (Å²) in [4.78, 5) is 12.9. The lowest BCUT2D eigenvalue weighted by atomic mass is 9.93. The van der Waals surface area contributed by atoms with Crippen LogP contribution in [-0.2, 0) is 4.79 Å².